The molecule has 0 fully saturated rings. The summed E-state index contributed by atoms with van der Waals surface area (Å²) >= 11 is 0. The Hall–Kier alpha value is -3.81. The van der Waals surface area contributed by atoms with Crippen molar-refractivity contribution in [2.24, 2.45) is 5.73 Å². The fourth-order valence-electron chi connectivity index (χ4n) is 3.15. The lowest BCUT2D eigenvalue weighted by molar-refractivity contribution is -0.117. The average molecular weight is 408 g/mol. The summed E-state index contributed by atoms with van der Waals surface area (Å²) in [6.45, 7) is 4.54. The van der Waals surface area contributed by atoms with Crippen molar-refractivity contribution >= 4 is 17.7 Å². The fourth-order valence-corrected chi connectivity index (χ4v) is 3.15. The summed E-state index contributed by atoms with van der Waals surface area (Å²) in [6.07, 6.45) is 1.63. The molecule has 0 radical (unpaired) electrons. The number of hydrogen-bond donors (Lipinski definition) is 3. The highest BCUT2D eigenvalue weighted by atomic mass is 16.3. The largest absolute Gasteiger partial charge is 0.467 e. The van der Waals surface area contributed by atoms with E-state index < -0.39 is 5.91 Å². The van der Waals surface area contributed by atoms with Crippen molar-refractivity contribution in [3.63, 3.8) is 0 Å². The number of furan rings is 1. The zero-order chi connectivity index (χ0) is 21.7. The Morgan fingerprint density at radius 1 is 1.03 bits per heavy atom. The van der Waals surface area contributed by atoms with Crippen LogP contribution in [0.15, 0.2) is 53.1 Å². The minimum absolute atomic E-state index is 0.169. The number of benzene rings is 1. The van der Waals surface area contributed by atoms with Crippen LogP contribution in [0, 0.1) is 13.8 Å². The molecule has 0 aliphatic rings. The van der Waals surface area contributed by atoms with Gasteiger partial charge in [-0.1, -0.05) is 12.1 Å². The summed E-state index contributed by atoms with van der Waals surface area (Å²) < 4.78 is 7.44. The Bertz CT molecular complexity index is 1050. The SMILES string of the molecule is Cc1cc(C(=O)NCc2ccc(C(=O)NCC(N)=O)cc2)c(C)n1Cc1ccco1. The van der Waals surface area contributed by atoms with Crippen LogP contribution in [-0.4, -0.2) is 28.8 Å². The molecule has 3 rings (SSSR count). The van der Waals surface area contributed by atoms with Gasteiger partial charge in [-0.25, -0.2) is 0 Å². The Morgan fingerprint density at radius 3 is 2.40 bits per heavy atom. The number of nitrogens with two attached hydrogens (primary N) is 1. The van der Waals surface area contributed by atoms with E-state index in [1.807, 2.05) is 36.6 Å². The quantitative estimate of drug-likeness (QED) is 0.527. The average Bonchev–Trinajstić information content (AvgIpc) is 3.34. The van der Waals surface area contributed by atoms with Crippen molar-refractivity contribution in [2.75, 3.05) is 6.54 Å². The predicted molar refractivity (Wildman–Crippen MR) is 111 cm³/mol. The molecule has 2 heterocycles. The predicted octanol–water partition coefficient (Wildman–Crippen LogP) is 1.89. The van der Waals surface area contributed by atoms with Gasteiger partial charge in [0, 0.05) is 23.5 Å². The monoisotopic (exact) mass is 408 g/mol. The van der Waals surface area contributed by atoms with Crippen LogP contribution < -0.4 is 16.4 Å². The molecule has 8 heteroatoms. The number of rotatable bonds is 8. The highest BCUT2D eigenvalue weighted by molar-refractivity contribution is 5.96. The Balaban J connectivity index is 1.60. The molecule has 156 valence electrons. The Kier molecular flexibility index (Phi) is 6.36. The molecule has 2 aromatic heterocycles. The number of carbonyl (C=O) groups excluding carboxylic acids is 3. The standard InChI is InChI=1S/C22H24N4O4/c1-14-10-19(15(2)26(14)13-18-4-3-9-30-18)22(29)24-11-16-5-7-17(8-6-16)21(28)25-12-20(23)27/h3-10H,11-13H2,1-2H3,(H2,23,27)(H,24,29)(H,25,28). The second-order valence-electron chi connectivity index (χ2n) is 6.98. The van der Waals surface area contributed by atoms with Crippen LogP contribution in [0.25, 0.3) is 0 Å². The van der Waals surface area contributed by atoms with Gasteiger partial charge in [0.2, 0.25) is 5.91 Å². The minimum Gasteiger partial charge on any atom is -0.467 e. The summed E-state index contributed by atoms with van der Waals surface area (Å²) in [5, 5.41) is 5.33. The molecule has 0 spiro atoms. The lowest BCUT2D eigenvalue weighted by atomic mass is 10.1. The molecule has 0 bridgehead atoms. The first-order valence-corrected chi connectivity index (χ1v) is 9.48. The zero-order valence-corrected chi connectivity index (χ0v) is 16.9. The van der Waals surface area contributed by atoms with Crippen molar-refractivity contribution in [3.05, 3.63) is 82.6 Å². The Labute approximate surface area is 174 Å². The van der Waals surface area contributed by atoms with E-state index in [-0.39, 0.29) is 18.4 Å². The van der Waals surface area contributed by atoms with Gasteiger partial charge >= 0.3 is 0 Å². The van der Waals surface area contributed by atoms with E-state index in [1.165, 1.54) is 0 Å². The number of carbonyl (C=O) groups is 3. The summed E-state index contributed by atoms with van der Waals surface area (Å²) in [5.74, 6) is -0.333. The van der Waals surface area contributed by atoms with Crippen LogP contribution >= 0.6 is 0 Å². The van der Waals surface area contributed by atoms with Gasteiger partial charge in [-0.3, -0.25) is 14.4 Å². The van der Waals surface area contributed by atoms with E-state index in [0.29, 0.717) is 24.2 Å². The highest BCUT2D eigenvalue weighted by Crippen LogP contribution is 2.17. The molecular weight excluding hydrogens is 384 g/mol. The molecule has 0 atom stereocenters. The molecule has 3 aromatic rings. The van der Waals surface area contributed by atoms with Gasteiger partial charge in [0.1, 0.15) is 5.76 Å². The molecule has 30 heavy (non-hydrogen) atoms. The molecule has 4 N–H and O–H groups in total. The van der Waals surface area contributed by atoms with Crippen molar-refractivity contribution in [3.8, 4) is 0 Å². The topological polar surface area (TPSA) is 119 Å². The van der Waals surface area contributed by atoms with Crippen LogP contribution in [0.2, 0.25) is 0 Å². The lowest BCUT2D eigenvalue weighted by Gasteiger charge is -2.09. The maximum atomic E-state index is 12.7. The third kappa shape index (κ3) is 4.96. The second-order valence-corrected chi connectivity index (χ2v) is 6.98. The fraction of sp³-hybridized carbons (Fsp3) is 0.227. The summed E-state index contributed by atoms with van der Waals surface area (Å²) in [5.41, 5.74) is 8.72. The Morgan fingerprint density at radius 2 is 1.77 bits per heavy atom. The van der Waals surface area contributed by atoms with Gasteiger partial charge in [-0.2, -0.15) is 0 Å². The van der Waals surface area contributed by atoms with Crippen LogP contribution in [0.5, 0.6) is 0 Å². The normalized spacial score (nSPS) is 10.6. The number of amides is 3. The molecule has 0 unspecified atom stereocenters. The summed E-state index contributed by atoms with van der Waals surface area (Å²) in [4.78, 5) is 35.3. The molecule has 0 saturated heterocycles. The maximum absolute atomic E-state index is 12.7. The highest BCUT2D eigenvalue weighted by Gasteiger charge is 2.16. The third-order valence-corrected chi connectivity index (χ3v) is 4.80. The minimum atomic E-state index is -0.605. The zero-order valence-electron chi connectivity index (χ0n) is 16.9. The molecule has 1 aromatic carbocycles. The van der Waals surface area contributed by atoms with Crippen molar-refractivity contribution in [1.82, 2.24) is 15.2 Å². The van der Waals surface area contributed by atoms with Gasteiger partial charge < -0.3 is 25.4 Å². The number of nitrogens with zero attached hydrogens (tertiary/aromatic N) is 1. The van der Waals surface area contributed by atoms with Crippen LogP contribution in [0.1, 0.15) is 43.4 Å². The van der Waals surface area contributed by atoms with E-state index in [1.54, 1.807) is 30.5 Å². The summed E-state index contributed by atoms with van der Waals surface area (Å²) in [7, 11) is 0. The number of hydrogen-bond acceptors (Lipinski definition) is 4. The van der Waals surface area contributed by atoms with Gasteiger partial charge in [-0.15, -0.1) is 0 Å². The molecular formula is C22H24N4O4. The van der Waals surface area contributed by atoms with Gasteiger partial charge in [0.25, 0.3) is 11.8 Å². The first-order chi connectivity index (χ1) is 14.3. The number of primary amides is 1. The third-order valence-electron chi connectivity index (χ3n) is 4.80. The molecule has 8 nitrogen and oxygen atoms in total. The van der Waals surface area contributed by atoms with E-state index in [2.05, 4.69) is 10.6 Å². The van der Waals surface area contributed by atoms with E-state index in [4.69, 9.17) is 10.2 Å². The van der Waals surface area contributed by atoms with Gasteiger partial charge in [-0.05, 0) is 49.7 Å². The second kappa shape index (κ2) is 9.13. The van der Waals surface area contributed by atoms with Gasteiger partial charge in [0.15, 0.2) is 0 Å². The van der Waals surface area contributed by atoms with Gasteiger partial charge in [0.05, 0.1) is 24.9 Å². The van der Waals surface area contributed by atoms with E-state index in [9.17, 15) is 14.4 Å². The van der Waals surface area contributed by atoms with Crippen molar-refractivity contribution < 1.29 is 18.8 Å². The first-order valence-electron chi connectivity index (χ1n) is 9.48. The van der Waals surface area contributed by atoms with E-state index in [0.717, 1.165) is 22.7 Å². The summed E-state index contributed by atoms with van der Waals surface area (Å²) in [6, 6.07) is 12.4. The number of aromatic nitrogens is 1. The maximum Gasteiger partial charge on any atom is 0.253 e. The molecule has 0 aliphatic carbocycles. The lowest BCUT2D eigenvalue weighted by Crippen LogP contribution is -2.33. The molecule has 0 saturated carbocycles. The number of nitrogens with one attached hydrogen (secondary N) is 2. The first kappa shape index (κ1) is 20.9. The van der Waals surface area contributed by atoms with Crippen LogP contribution in [-0.2, 0) is 17.9 Å². The molecule has 0 aliphatic heterocycles. The van der Waals surface area contributed by atoms with Crippen LogP contribution in [0.3, 0.4) is 0 Å². The number of aryl methyl sites for hydroxylation is 1. The van der Waals surface area contributed by atoms with E-state index >= 15 is 0 Å². The van der Waals surface area contributed by atoms with Crippen LogP contribution in [0.4, 0.5) is 0 Å². The smallest absolute Gasteiger partial charge is 0.253 e. The van der Waals surface area contributed by atoms with Crippen molar-refractivity contribution in [2.45, 2.75) is 26.9 Å². The molecule has 3 amide bonds. The van der Waals surface area contributed by atoms with Crippen molar-refractivity contribution in [1.29, 1.82) is 0 Å².